The molecule has 0 aromatic heterocycles. The summed E-state index contributed by atoms with van der Waals surface area (Å²) in [6.45, 7) is 2.12. The van der Waals surface area contributed by atoms with Gasteiger partial charge in [-0.1, -0.05) is 53.7 Å². The van der Waals surface area contributed by atoms with Gasteiger partial charge in [0.05, 0.1) is 6.21 Å². The average Bonchev–Trinajstić information content (AvgIpc) is 2.38. The standard InChI is InChI=1S/C15H15NO/c1-12-5-3-4-6-15(12)14-9-7-13(8-10-14)11-16-17-2/h3-11H,1-2H3. The molecule has 0 atom stereocenters. The van der Waals surface area contributed by atoms with Crippen LogP contribution in [-0.4, -0.2) is 13.3 Å². The molecule has 2 nitrogen and oxygen atoms in total. The number of benzene rings is 2. The highest BCUT2D eigenvalue weighted by molar-refractivity contribution is 5.80. The summed E-state index contributed by atoms with van der Waals surface area (Å²) in [6, 6.07) is 16.6. The van der Waals surface area contributed by atoms with Crippen LogP contribution in [-0.2, 0) is 4.84 Å². The molecule has 0 unspecified atom stereocenters. The van der Waals surface area contributed by atoms with Crippen LogP contribution in [0.1, 0.15) is 11.1 Å². The fourth-order valence-corrected chi connectivity index (χ4v) is 1.76. The topological polar surface area (TPSA) is 21.6 Å². The third-order valence-electron chi connectivity index (χ3n) is 2.67. The van der Waals surface area contributed by atoms with Crippen LogP contribution in [0.15, 0.2) is 53.7 Å². The van der Waals surface area contributed by atoms with Crippen molar-refractivity contribution in [1.82, 2.24) is 0 Å². The summed E-state index contributed by atoms with van der Waals surface area (Å²) in [6.07, 6.45) is 1.70. The Bertz CT molecular complexity index is 515. The van der Waals surface area contributed by atoms with Crippen LogP contribution in [0.2, 0.25) is 0 Å². The zero-order chi connectivity index (χ0) is 12.1. The van der Waals surface area contributed by atoms with Crippen LogP contribution >= 0.6 is 0 Å². The zero-order valence-electron chi connectivity index (χ0n) is 10.1. The van der Waals surface area contributed by atoms with Gasteiger partial charge in [-0.2, -0.15) is 0 Å². The number of rotatable bonds is 3. The lowest BCUT2D eigenvalue weighted by molar-refractivity contribution is 0.215. The maximum Gasteiger partial charge on any atom is 0.106 e. The number of nitrogens with zero attached hydrogens (tertiary/aromatic N) is 1. The number of hydrogen-bond donors (Lipinski definition) is 0. The summed E-state index contributed by atoms with van der Waals surface area (Å²) in [5.41, 5.74) is 4.80. The highest BCUT2D eigenvalue weighted by Gasteiger charge is 1.99. The van der Waals surface area contributed by atoms with Crippen molar-refractivity contribution in [3.63, 3.8) is 0 Å². The van der Waals surface area contributed by atoms with E-state index >= 15 is 0 Å². The Morgan fingerprint density at radius 1 is 1.00 bits per heavy atom. The Kier molecular flexibility index (Phi) is 3.55. The summed E-state index contributed by atoms with van der Waals surface area (Å²) < 4.78 is 0. The summed E-state index contributed by atoms with van der Waals surface area (Å²) in [5.74, 6) is 0. The quantitative estimate of drug-likeness (QED) is 0.577. The molecule has 2 rings (SSSR count). The predicted octanol–water partition coefficient (Wildman–Crippen LogP) is 3.64. The number of aryl methyl sites for hydroxylation is 1. The van der Waals surface area contributed by atoms with Crippen molar-refractivity contribution in [1.29, 1.82) is 0 Å². The fourth-order valence-electron chi connectivity index (χ4n) is 1.76. The summed E-state index contributed by atoms with van der Waals surface area (Å²) in [5, 5.41) is 3.74. The van der Waals surface area contributed by atoms with Crippen LogP contribution < -0.4 is 0 Å². The molecule has 86 valence electrons. The van der Waals surface area contributed by atoms with Crippen LogP contribution in [0.5, 0.6) is 0 Å². The molecule has 0 aliphatic heterocycles. The first kappa shape index (κ1) is 11.4. The largest absolute Gasteiger partial charge is 0.399 e. The van der Waals surface area contributed by atoms with Crippen LogP contribution in [0.25, 0.3) is 11.1 Å². The Morgan fingerprint density at radius 3 is 2.35 bits per heavy atom. The first-order valence-electron chi connectivity index (χ1n) is 5.54. The lowest BCUT2D eigenvalue weighted by Gasteiger charge is -2.05. The monoisotopic (exact) mass is 225 g/mol. The second-order valence-corrected chi connectivity index (χ2v) is 3.85. The fraction of sp³-hybridized carbons (Fsp3) is 0.133. The van der Waals surface area contributed by atoms with Crippen LogP contribution in [0.4, 0.5) is 0 Å². The van der Waals surface area contributed by atoms with E-state index in [-0.39, 0.29) is 0 Å². The maximum atomic E-state index is 4.65. The summed E-state index contributed by atoms with van der Waals surface area (Å²) in [7, 11) is 1.54. The molecule has 0 aliphatic carbocycles. The normalized spacial score (nSPS) is 10.7. The maximum absolute atomic E-state index is 4.65. The second kappa shape index (κ2) is 5.30. The van der Waals surface area contributed by atoms with E-state index in [1.165, 1.54) is 23.8 Å². The summed E-state index contributed by atoms with van der Waals surface area (Å²) in [4.78, 5) is 4.65. The molecular formula is C15H15NO. The Hall–Kier alpha value is -2.09. The van der Waals surface area contributed by atoms with E-state index in [0.717, 1.165) is 5.56 Å². The second-order valence-electron chi connectivity index (χ2n) is 3.85. The first-order chi connectivity index (χ1) is 8.31. The SMILES string of the molecule is CON=Cc1ccc(-c2ccccc2C)cc1. The van der Waals surface area contributed by atoms with E-state index in [1.807, 2.05) is 12.1 Å². The van der Waals surface area contributed by atoms with E-state index < -0.39 is 0 Å². The third kappa shape index (κ3) is 2.72. The van der Waals surface area contributed by atoms with Gasteiger partial charge < -0.3 is 4.84 Å². The molecule has 2 heteroatoms. The molecule has 0 aliphatic rings. The van der Waals surface area contributed by atoms with Crippen LogP contribution in [0.3, 0.4) is 0 Å². The minimum atomic E-state index is 1.03. The predicted molar refractivity (Wildman–Crippen MR) is 71.2 cm³/mol. The van der Waals surface area contributed by atoms with Gasteiger partial charge in [0.15, 0.2) is 0 Å². The molecule has 2 aromatic carbocycles. The van der Waals surface area contributed by atoms with Gasteiger partial charge >= 0.3 is 0 Å². The zero-order valence-corrected chi connectivity index (χ0v) is 10.1. The Morgan fingerprint density at radius 2 is 1.71 bits per heavy atom. The van der Waals surface area contributed by atoms with E-state index in [4.69, 9.17) is 0 Å². The molecule has 0 spiro atoms. The smallest absolute Gasteiger partial charge is 0.106 e. The van der Waals surface area contributed by atoms with Crippen molar-refractivity contribution in [2.75, 3.05) is 7.11 Å². The van der Waals surface area contributed by atoms with Gasteiger partial charge in [-0.3, -0.25) is 0 Å². The van der Waals surface area contributed by atoms with Crippen molar-refractivity contribution >= 4 is 6.21 Å². The van der Waals surface area contributed by atoms with Crippen molar-refractivity contribution in [2.45, 2.75) is 6.92 Å². The lowest BCUT2D eigenvalue weighted by Crippen LogP contribution is -1.85. The van der Waals surface area contributed by atoms with Gasteiger partial charge in [-0.05, 0) is 29.2 Å². The third-order valence-corrected chi connectivity index (χ3v) is 2.67. The molecule has 2 aromatic rings. The Labute approximate surface area is 102 Å². The molecule has 0 heterocycles. The number of oxime groups is 1. The van der Waals surface area contributed by atoms with Crippen molar-refractivity contribution < 1.29 is 4.84 Å². The van der Waals surface area contributed by atoms with E-state index in [0.29, 0.717) is 0 Å². The first-order valence-corrected chi connectivity index (χ1v) is 5.54. The van der Waals surface area contributed by atoms with Crippen LogP contribution in [0, 0.1) is 6.92 Å². The molecule has 0 bridgehead atoms. The minimum Gasteiger partial charge on any atom is -0.399 e. The molecule has 0 N–H and O–H groups in total. The average molecular weight is 225 g/mol. The van der Waals surface area contributed by atoms with Crippen molar-refractivity contribution in [3.8, 4) is 11.1 Å². The molecule has 0 saturated carbocycles. The van der Waals surface area contributed by atoms with Crippen molar-refractivity contribution in [2.24, 2.45) is 5.16 Å². The molecule has 17 heavy (non-hydrogen) atoms. The highest BCUT2D eigenvalue weighted by atomic mass is 16.6. The highest BCUT2D eigenvalue weighted by Crippen LogP contribution is 2.22. The van der Waals surface area contributed by atoms with Gasteiger partial charge in [-0.15, -0.1) is 0 Å². The molecular weight excluding hydrogens is 210 g/mol. The van der Waals surface area contributed by atoms with Gasteiger partial charge in [0, 0.05) is 0 Å². The van der Waals surface area contributed by atoms with Gasteiger partial charge in [0.2, 0.25) is 0 Å². The van der Waals surface area contributed by atoms with E-state index in [9.17, 15) is 0 Å². The lowest BCUT2D eigenvalue weighted by atomic mass is 10.00. The number of hydrogen-bond acceptors (Lipinski definition) is 2. The molecule has 0 radical (unpaired) electrons. The Balaban J connectivity index is 2.30. The van der Waals surface area contributed by atoms with Gasteiger partial charge in [0.25, 0.3) is 0 Å². The minimum absolute atomic E-state index is 1.03. The summed E-state index contributed by atoms with van der Waals surface area (Å²) >= 11 is 0. The van der Waals surface area contributed by atoms with Crippen molar-refractivity contribution in [3.05, 3.63) is 59.7 Å². The molecule has 0 fully saturated rings. The van der Waals surface area contributed by atoms with Gasteiger partial charge in [0.1, 0.15) is 7.11 Å². The molecule has 0 saturated heterocycles. The van der Waals surface area contributed by atoms with E-state index in [1.54, 1.807) is 6.21 Å². The molecule has 0 amide bonds. The van der Waals surface area contributed by atoms with E-state index in [2.05, 4.69) is 53.3 Å². The van der Waals surface area contributed by atoms with Gasteiger partial charge in [-0.25, -0.2) is 0 Å².